The zero-order valence-corrected chi connectivity index (χ0v) is 27.5. The molecule has 0 spiro atoms. The zero-order chi connectivity index (χ0) is 29.3. The maximum absolute atomic E-state index is 11.9. The quantitative estimate of drug-likeness (QED) is 0.312. The number of fused-ring (bicyclic) bond motifs is 5. The van der Waals surface area contributed by atoms with Crippen LogP contribution in [-0.2, 0) is 40.8 Å². The van der Waals surface area contributed by atoms with E-state index in [0.717, 1.165) is 55.5 Å². The molecule has 0 amide bonds. The maximum atomic E-state index is 11.9. The zero-order valence-electron chi connectivity index (χ0n) is 23.2. The van der Waals surface area contributed by atoms with E-state index in [1.54, 1.807) is 6.20 Å². The molecular formula is C33H32BrN2O5Re-. The average molecular weight is 803 g/mol. The molecule has 1 radical (unpaired) electrons. The number of rotatable bonds is 3. The summed E-state index contributed by atoms with van der Waals surface area (Å²) in [6.45, 7) is 15.8. The first kappa shape index (κ1) is 37.4. The average Bonchev–Trinajstić information content (AvgIpc) is 3.30. The number of aromatic nitrogens is 2. The maximum Gasteiger partial charge on any atom is 0 e. The Bertz CT molecular complexity index is 1360. The summed E-state index contributed by atoms with van der Waals surface area (Å²) < 4.78 is 22.5. The minimum atomic E-state index is -0.794. The molecule has 0 bridgehead atoms. The number of aryl methyl sites for hydroxylation is 1. The Balaban J connectivity index is 0.00000104. The fourth-order valence-electron chi connectivity index (χ4n) is 7.30. The van der Waals surface area contributed by atoms with Crippen LogP contribution in [0.15, 0.2) is 67.0 Å². The van der Waals surface area contributed by atoms with Crippen LogP contribution < -0.4 is 17.0 Å². The number of hydrogen-bond donors (Lipinski definition) is 2. The number of phenolic OH excluding ortho intramolecular Hbond substituents is 1. The first-order valence-corrected chi connectivity index (χ1v) is 13.2. The Labute approximate surface area is 271 Å². The minimum absolute atomic E-state index is 0. The van der Waals surface area contributed by atoms with Crippen LogP contribution in [0.2, 0.25) is 0 Å². The van der Waals surface area contributed by atoms with Crippen molar-refractivity contribution in [2.75, 3.05) is 0 Å². The summed E-state index contributed by atoms with van der Waals surface area (Å²) in [6.07, 6.45) is 13.9. The van der Waals surface area contributed by atoms with Crippen molar-refractivity contribution in [3.05, 3.63) is 104 Å². The van der Waals surface area contributed by atoms with Crippen LogP contribution in [0.25, 0.3) is 17.5 Å². The molecule has 3 unspecified atom stereocenters. The van der Waals surface area contributed by atoms with E-state index in [1.165, 1.54) is 11.1 Å². The van der Waals surface area contributed by atoms with E-state index in [2.05, 4.69) is 55.1 Å². The summed E-state index contributed by atoms with van der Waals surface area (Å²) in [5, 5.41) is 21.8. The fourth-order valence-corrected chi connectivity index (χ4v) is 7.30. The molecule has 3 aromatic rings. The van der Waals surface area contributed by atoms with Gasteiger partial charge >= 0.3 is 33.9 Å². The molecule has 7 nitrogen and oxygen atoms in total. The van der Waals surface area contributed by atoms with Gasteiger partial charge in [-0.15, -0.1) is 0 Å². The summed E-state index contributed by atoms with van der Waals surface area (Å²) in [5.74, 6) is 2.06. The van der Waals surface area contributed by atoms with Gasteiger partial charge in [0.1, 0.15) is 5.75 Å². The molecule has 2 aromatic heterocycles. The molecule has 2 fully saturated rings. The fraction of sp³-hybridized carbons (Fsp3) is 0.364. The van der Waals surface area contributed by atoms with Crippen LogP contribution >= 0.6 is 0 Å². The number of aliphatic hydroxyl groups is 1. The second-order valence-corrected chi connectivity index (χ2v) is 10.7. The smallest absolute Gasteiger partial charge is 0 e. The second kappa shape index (κ2) is 16.9. The largest absolute Gasteiger partial charge is 0 e. The van der Waals surface area contributed by atoms with Crippen LogP contribution in [0.3, 0.4) is 0 Å². The van der Waals surface area contributed by atoms with E-state index in [1.807, 2.05) is 48.7 Å². The van der Waals surface area contributed by atoms with Crippen LogP contribution in [0.1, 0.15) is 61.6 Å². The van der Waals surface area contributed by atoms with Gasteiger partial charge in [-0.3, -0.25) is 9.97 Å². The van der Waals surface area contributed by atoms with Crippen LogP contribution in [0.4, 0.5) is 0 Å². The van der Waals surface area contributed by atoms with Gasteiger partial charge in [-0.25, -0.2) is 0 Å². The normalized spacial score (nSPS) is 26.2. The molecule has 3 aliphatic rings. The van der Waals surface area contributed by atoms with E-state index in [4.69, 9.17) is 14.0 Å². The van der Waals surface area contributed by atoms with Gasteiger partial charge in [0.05, 0.1) is 17.0 Å². The molecular weight excluding hydrogens is 770 g/mol. The molecule has 219 valence electrons. The van der Waals surface area contributed by atoms with Gasteiger partial charge in [0.2, 0.25) is 0 Å². The van der Waals surface area contributed by atoms with Gasteiger partial charge in [0.25, 0.3) is 0 Å². The third kappa shape index (κ3) is 7.29. The Morgan fingerprint density at radius 2 is 1.62 bits per heavy atom. The number of hydrogen-bond acceptors (Lipinski definition) is 4. The number of aromatic hydroxyl groups is 1. The Kier molecular flexibility index (Phi) is 15.0. The minimum Gasteiger partial charge on any atom is 0 e. The van der Waals surface area contributed by atoms with Gasteiger partial charge in [-0.1, -0.05) is 37.3 Å². The second-order valence-electron chi connectivity index (χ2n) is 10.7. The van der Waals surface area contributed by atoms with Gasteiger partial charge in [-0.05, 0) is 103 Å². The standard InChI is InChI=1S/C30H32N2O2.3CO.BrH.Re/c1-29-14-12-24-23-9-7-22(33)18-21(23)6-8-25(24)26(29)13-16-30(29,34)15-11-20-5-10-28(32-19-20)27-4-2-3-17-31-27;3*1-2;;/h2-5,7,9-11,15,17-19,24-26,33-34H,6,8,12-14,16H2,1H3;;;;1H;/p-1/b15-11+;;;;;/t24?,25?,26?,29-,30-;;;;;/m0...../s1. The third-order valence-corrected chi connectivity index (χ3v) is 9.19. The van der Waals surface area contributed by atoms with Gasteiger partial charge in [0, 0.05) is 38.2 Å². The summed E-state index contributed by atoms with van der Waals surface area (Å²) in [6, 6.07) is 15.8. The van der Waals surface area contributed by atoms with E-state index >= 15 is 0 Å². The first-order valence-electron chi connectivity index (χ1n) is 13.2. The predicted molar refractivity (Wildman–Crippen MR) is 146 cm³/mol. The number of nitrogens with zero attached hydrogens (tertiary/aromatic N) is 2. The van der Waals surface area contributed by atoms with Crippen molar-refractivity contribution in [3.63, 3.8) is 0 Å². The van der Waals surface area contributed by atoms with Crippen molar-refractivity contribution in [2.45, 2.75) is 57.0 Å². The Morgan fingerprint density at radius 3 is 2.26 bits per heavy atom. The number of phenols is 1. The SMILES string of the molecule is C[C@]12CCC3c4ccc(O)cc4CCC3C1CC[C@@]2(O)/C=C/c1ccc(-c2ccccn2)nc1.[Br-].[C-]#[O+].[C-]#[O+].[C-]#[O+].[Re]. The molecule has 42 heavy (non-hydrogen) atoms. The molecule has 0 saturated heterocycles. The van der Waals surface area contributed by atoms with Crippen molar-refractivity contribution in [2.24, 2.45) is 17.3 Å². The number of benzene rings is 1. The van der Waals surface area contributed by atoms with Crippen LogP contribution in [0.5, 0.6) is 5.75 Å². The number of halogens is 1. The van der Waals surface area contributed by atoms with Gasteiger partial charge in [-0.2, -0.15) is 0 Å². The molecule has 6 rings (SSSR count). The van der Waals surface area contributed by atoms with Crippen LogP contribution in [0, 0.1) is 37.2 Å². The van der Waals surface area contributed by atoms with Crippen molar-refractivity contribution >= 4 is 6.08 Å². The Morgan fingerprint density at radius 1 is 0.905 bits per heavy atom. The van der Waals surface area contributed by atoms with Crippen molar-refractivity contribution in [3.8, 4) is 17.1 Å². The van der Waals surface area contributed by atoms with E-state index in [0.29, 0.717) is 23.5 Å². The molecule has 2 saturated carbocycles. The Hall–Kier alpha value is -2.62. The topological polar surface area (TPSA) is 126 Å². The molecule has 0 aliphatic heterocycles. The predicted octanol–water partition coefficient (Wildman–Crippen LogP) is 3.04. The van der Waals surface area contributed by atoms with Crippen molar-refractivity contribution in [1.82, 2.24) is 9.97 Å². The summed E-state index contributed by atoms with van der Waals surface area (Å²) in [7, 11) is 0. The molecule has 9 heteroatoms. The molecule has 2 heterocycles. The van der Waals surface area contributed by atoms with E-state index in [9.17, 15) is 10.2 Å². The molecule has 3 aliphatic carbocycles. The van der Waals surface area contributed by atoms with Crippen LogP contribution in [-0.4, -0.2) is 25.8 Å². The first-order chi connectivity index (χ1) is 19.5. The van der Waals surface area contributed by atoms with Crippen molar-refractivity contribution in [1.29, 1.82) is 0 Å². The third-order valence-electron chi connectivity index (χ3n) is 9.19. The summed E-state index contributed by atoms with van der Waals surface area (Å²) >= 11 is 0. The van der Waals surface area contributed by atoms with E-state index < -0.39 is 5.60 Å². The molecule has 1 aromatic carbocycles. The van der Waals surface area contributed by atoms with E-state index in [-0.39, 0.29) is 42.8 Å². The van der Waals surface area contributed by atoms with Crippen molar-refractivity contribution < 1.29 is 61.6 Å². The molecule has 2 N–H and O–H groups in total. The monoisotopic (exact) mass is 802 g/mol. The van der Waals surface area contributed by atoms with Gasteiger partial charge in [0.15, 0.2) is 0 Å². The molecule has 5 atom stereocenters. The summed E-state index contributed by atoms with van der Waals surface area (Å²) in [4.78, 5) is 8.96. The number of pyridine rings is 2. The summed E-state index contributed by atoms with van der Waals surface area (Å²) in [5.41, 5.74) is 4.57. The van der Waals surface area contributed by atoms with Gasteiger partial charge < -0.3 is 27.2 Å².